The Morgan fingerprint density at radius 2 is 1.17 bits per heavy atom. The van der Waals surface area contributed by atoms with E-state index in [1.807, 2.05) is 36.4 Å². The Kier molecular flexibility index (Phi) is 6.17. The van der Waals surface area contributed by atoms with Gasteiger partial charge in [-0.2, -0.15) is 0 Å². The summed E-state index contributed by atoms with van der Waals surface area (Å²) >= 11 is 0. The highest BCUT2D eigenvalue weighted by Crippen LogP contribution is 2.54. The van der Waals surface area contributed by atoms with Crippen LogP contribution in [0.15, 0.2) is 84.9 Å². The predicted octanol–water partition coefficient (Wildman–Crippen LogP) is 8.37. The summed E-state index contributed by atoms with van der Waals surface area (Å²) in [6, 6.07) is 29.6. The molecular weight excluding hydrogens is 438 g/mol. The first-order valence-electron chi connectivity index (χ1n) is 13.6. The van der Waals surface area contributed by atoms with Crippen molar-refractivity contribution in [3.63, 3.8) is 0 Å². The molecule has 4 atom stereocenters. The SMILES string of the molecule is CC[C@@H]1C[C@@H]2C[C@H](C)CC(c3ccc(-c4nc(-c5ccccc5)nc(-c5ccccc5)n4)cc3)(C1)C2. The molecule has 3 nitrogen and oxygen atoms in total. The lowest BCUT2D eigenvalue weighted by molar-refractivity contribution is 0.0702. The monoisotopic (exact) mass is 473 g/mol. The van der Waals surface area contributed by atoms with E-state index in [4.69, 9.17) is 15.0 Å². The molecule has 3 aromatic carbocycles. The molecular formula is C33H35N3. The Morgan fingerprint density at radius 1 is 0.639 bits per heavy atom. The van der Waals surface area contributed by atoms with Gasteiger partial charge in [-0.3, -0.25) is 0 Å². The summed E-state index contributed by atoms with van der Waals surface area (Å²) in [5.74, 6) is 4.72. The van der Waals surface area contributed by atoms with Gasteiger partial charge in [-0.15, -0.1) is 0 Å². The van der Waals surface area contributed by atoms with Crippen molar-refractivity contribution in [3.8, 4) is 34.2 Å². The summed E-state index contributed by atoms with van der Waals surface area (Å²) in [6.07, 6.45) is 8.16. The molecule has 0 radical (unpaired) electrons. The smallest absolute Gasteiger partial charge is 0.164 e. The quantitative estimate of drug-likeness (QED) is 0.292. The van der Waals surface area contributed by atoms with Crippen LogP contribution in [0.3, 0.4) is 0 Å². The summed E-state index contributed by atoms with van der Waals surface area (Å²) in [7, 11) is 0. The van der Waals surface area contributed by atoms with E-state index in [2.05, 4.69) is 62.4 Å². The van der Waals surface area contributed by atoms with Crippen molar-refractivity contribution in [2.45, 2.75) is 57.8 Å². The zero-order valence-corrected chi connectivity index (χ0v) is 21.4. The number of aromatic nitrogens is 3. The normalized spacial score (nSPS) is 25.4. The van der Waals surface area contributed by atoms with E-state index in [0.717, 1.165) is 40.3 Å². The lowest BCUT2D eigenvalue weighted by atomic mass is 9.54. The van der Waals surface area contributed by atoms with Crippen LogP contribution in [0.5, 0.6) is 0 Å². The number of rotatable bonds is 5. The molecule has 2 aliphatic carbocycles. The highest BCUT2D eigenvalue weighted by molar-refractivity contribution is 5.66. The van der Waals surface area contributed by atoms with Gasteiger partial charge in [0.05, 0.1) is 0 Å². The molecule has 1 aromatic heterocycles. The molecule has 0 saturated heterocycles. The van der Waals surface area contributed by atoms with Gasteiger partial charge in [-0.1, -0.05) is 105 Å². The topological polar surface area (TPSA) is 38.7 Å². The third-order valence-electron chi connectivity index (χ3n) is 8.53. The summed E-state index contributed by atoms with van der Waals surface area (Å²) in [5, 5.41) is 0. The second-order valence-electron chi connectivity index (χ2n) is 11.2. The minimum atomic E-state index is 0.337. The van der Waals surface area contributed by atoms with Gasteiger partial charge in [0.1, 0.15) is 0 Å². The van der Waals surface area contributed by atoms with E-state index in [1.165, 1.54) is 44.1 Å². The number of hydrogen-bond acceptors (Lipinski definition) is 3. The summed E-state index contributed by atoms with van der Waals surface area (Å²) in [6.45, 7) is 4.84. The fourth-order valence-corrected chi connectivity index (χ4v) is 7.07. The van der Waals surface area contributed by atoms with E-state index in [1.54, 1.807) is 0 Å². The van der Waals surface area contributed by atoms with Crippen LogP contribution in [-0.4, -0.2) is 15.0 Å². The van der Waals surface area contributed by atoms with Gasteiger partial charge in [0, 0.05) is 16.7 Å². The van der Waals surface area contributed by atoms with Crippen molar-refractivity contribution < 1.29 is 0 Å². The van der Waals surface area contributed by atoms with Crippen molar-refractivity contribution >= 4 is 0 Å². The average Bonchev–Trinajstić information content (AvgIpc) is 2.93. The maximum atomic E-state index is 4.92. The van der Waals surface area contributed by atoms with E-state index in [9.17, 15) is 0 Å². The molecule has 2 aliphatic rings. The third-order valence-corrected chi connectivity index (χ3v) is 8.53. The van der Waals surface area contributed by atoms with E-state index in [0.29, 0.717) is 17.1 Å². The van der Waals surface area contributed by atoms with Crippen LogP contribution < -0.4 is 0 Å². The molecule has 4 aromatic rings. The molecule has 0 N–H and O–H groups in total. The molecule has 0 amide bonds. The van der Waals surface area contributed by atoms with Gasteiger partial charge < -0.3 is 0 Å². The number of fused-ring (bicyclic) bond motifs is 2. The molecule has 2 bridgehead atoms. The Balaban J connectivity index is 1.39. The Bertz CT molecular complexity index is 1250. The molecule has 2 saturated carbocycles. The minimum absolute atomic E-state index is 0.337. The molecule has 0 aliphatic heterocycles. The van der Waals surface area contributed by atoms with Crippen LogP contribution in [0.2, 0.25) is 0 Å². The fraction of sp³-hybridized carbons (Fsp3) is 0.364. The van der Waals surface area contributed by atoms with E-state index in [-0.39, 0.29) is 0 Å². The molecule has 6 rings (SSSR count). The second-order valence-corrected chi connectivity index (χ2v) is 11.2. The molecule has 0 spiro atoms. The summed E-state index contributed by atoms with van der Waals surface area (Å²) in [5.41, 5.74) is 4.91. The first-order chi connectivity index (χ1) is 17.6. The number of nitrogens with zero attached hydrogens (tertiary/aromatic N) is 3. The maximum absolute atomic E-state index is 4.92. The van der Waals surface area contributed by atoms with Gasteiger partial charge in [0.25, 0.3) is 0 Å². The van der Waals surface area contributed by atoms with Gasteiger partial charge >= 0.3 is 0 Å². The number of hydrogen-bond donors (Lipinski definition) is 0. The van der Waals surface area contributed by atoms with Crippen molar-refractivity contribution in [1.82, 2.24) is 15.0 Å². The molecule has 1 unspecified atom stereocenters. The Hall–Kier alpha value is -3.33. The largest absolute Gasteiger partial charge is 0.208 e. The first kappa shape index (κ1) is 23.1. The third kappa shape index (κ3) is 4.48. The van der Waals surface area contributed by atoms with Crippen molar-refractivity contribution in [3.05, 3.63) is 90.5 Å². The van der Waals surface area contributed by atoms with Gasteiger partial charge in [-0.25, -0.2) is 15.0 Å². The Labute approximate surface area is 215 Å². The lowest BCUT2D eigenvalue weighted by Crippen LogP contribution is -2.42. The molecule has 2 fully saturated rings. The molecule has 3 heteroatoms. The second kappa shape index (κ2) is 9.61. The summed E-state index contributed by atoms with van der Waals surface area (Å²) < 4.78 is 0. The minimum Gasteiger partial charge on any atom is -0.208 e. The fourth-order valence-electron chi connectivity index (χ4n) is 7.07. The maximum Gasteiger partial charge on any atom is 0.164 e. The zero-order valence-electron chi connectivity index (χ0n) is 21.4. The highest BCUT2D eigenvalue weighted by Gasteiger charge is 2.45. The summed E-state index contributed by atoms with van der Waals surface area (Å²) in [4.78, 5) is 14.7. The van der Waals surface area contributed by atoms with Crippen molar-refractivity contribution in [2.75, 3.05) is 0 Å². The van der Waals surface area contributed by atoms with Crippen LogP contribution >= 0.6 is 0 Å². The molecule has 36 heavy (non-hydrogen) atoms. The van der Waals surface area contributed by atoms with Crippen LogP contribution in [0.1, 0.15) is 57.9 Å². The Morgan fingerprint density at radius 3 is 1.69 bits per heavy atom. The molecule has 1 heterocycles. The predicted molar refractivity (Wildman–Crippen MR) is 147 cm³/mol. The van der Waals surface area contributed by atoms with Gasteiger partial charge in [0.2, 0.25) is 0 Å². The van der Waals surface area contributed by atoms with Crippen LogP contribution in [0.4, 0.5) is 0 Å². The van der Waals surface area contributed by atoms with Gasteiger partial charge in [-0.05, 0) is 60.8 Å². The van der Waals surface area contributed by atoms with Crippen molar-refractivity contribution in [2.24, 2.45) is 17.8 Å². The first-order valence-corrected chi connectivity index (χ1v) is 13.6. The van der Waals surface area contributed by atoms with Crippen LogP contribution in [-0.2, 0) is 5.41 Å². The molecule has 182 valence electrons. The lowest BCUT2D eigenvalue weighted by Gasteiger charge is -2.51. The standard InChI is InChI=1S/C33H35N3/c1-3-24-19-25-18-23(2)20-33(21-24,22-25)29-16-14-28(15-17-29)32-35-30(26-10-6-4-7-11-26)34-31(36-32)27-12-8-5-9-13-27/h4-17,23-25H,3,18-22H2,1-2H3/t23-,24+,25-,33?/m0/s1. The average molecular weight is 474 g/mol. The zero-order chi connectivity index (χ0) is 24.5. The van der Waals surface area contributed by atoms with Crippen LogP contribution in [0.25, 0.3) is 34.2 Å². The number of benzene rings is 3. The van der Waals surface area contributed by atoms with Gasteiger partial charge in [0.15, 0.2) is 17.5 Å². The highest BCUT2D eigenvalue weighted by atomic mass is 15.0. The van der Waals surface area contributed by atoms with Crippen molar-refractivity contribution in [1.29, 1.82) is 0 Å². The van der Waals surface area contributed by atoms with E-state index < -0.39 is 0 Å². The van der Waals surface area contributed by atoms with Crippen LogP contribution in [0, 0.1) is 17.8 Å². The van der Waals surface area contributed by atoms with E-state index >= 15 is 0 Å².